The number of esters is 1. The molecule has 0 aromatic heterocycles. The number of rotatable bonds is 7. The Morgan fingerprint density at radius 3 is 2.25 bits per heavy atom. The molecule has 2 amide bonds. The molecule has 1 aliphatic rings. The van der Waals surface area contributed by atoms with Crippen LogP contribution >= 0.6 is 0 Å². The van der Waals surface area contributed by atoms with Crippen molar-refractivity contribution in [3.8, 4) is 0 Å². The van der Waals surface area contributed by atoms with Crippen LogP contribution in [0.15, 0.2) is 60.7 Å². The third kappa shape index (κ3) is 5.96. The van der Waals surface area contributed by atoms with Gasteiger partial charge in [0.1, 0.15) is 12.2 Å². The van der Waals surface area contributed by atoms with E-state index in [0.717, 1.165) is 11.1 Å². The van der Waals surface area contributed by atoms with Crippen molar-refractivity contribution < 1.29 is 23.9 Å². The Labute approximate surface area is 189 Å². The van der Waals surface area contributed by atoms with E-state index in [1.165, 1.54) is 4.90 Å². The second-order valence-corrected chi connectivity index (χ2v) is 9.23. The van der Waals surface area contributed by atoms with Crippen molar-refractivity contribution in [2.24, 2.45) is 5.92 Å². The van der Waals surface area contributed by atoms with Gasteiger partial charge in [-0.1, -0.05) is 67.6 Å². The molecule has 170 valence electrons. The number of hydrogen-bond donors (Lipinski definition) is 0. The maximum atomic E-state index is 13.7. The molecule has 1 saturated heterocycles. The molecule has 0 N–H and O–H groups in total. The van der Waals surface area contributed by atoms with Gasteiger partial charge in [0.15, 0.2) is 0 Å². The van der Waals surface area contributed by atoms with E-state index in [1.54, 1.807) is 20.8 Å². The zero-order valence-corrected chi connectivity index (χ0v) is 19.1. The lowest BCUT2D eigenvalue weighted by Gasteiger charge is -2.29. The maximum absolute atomic E-state index is 13.7. The molecule has 1 fully saturated rings. The monoisotopic (exact) mass is 437 g/mol. The van der Waals surface area contributed by atoms with Crippen LogP contribution in [0.25, 0.3) is 0 Å². The van der Waals surface area contributed by atoms with Gasteiger partial charge in [0.2, 0.25) is 5.91 Å². The molecule has 32 heavy (non-hydrogen) atoms. The van der Waals surface area contributed by atoms with Crippen molar-refractivity contribution in [1.29, 1.82) is 0 Å². The van der Waals surface area contributed by atoms with E-state index in [2.05, 4.69) is 0 Å². The number of carbonyl (C=O) groups excluding carboxylic acids is 3. The minimum atomic E-state index is -0.754. The van der Waals surface area contributed by atoms with E-state index in [9.17, 15) is 14.4 Å². The second kappa shape index (κ2) is 9.98. The fourth-order valence-electron chi connectivity index (χ4n) is 3.98. The Hall–Kier alpha value is -3.15. The molecular formula is C26H31NO5. The summed E-state index contributed by atoms with van der Waals surface area (Å²) in [4.78, 5) is 40.1. The Morgan fingerprint density at radius 2 is 1.66 bits per heavy atom. The van der Waals surface area contributed by atoms with Gasteiger partial charge in [-0.25, -0.2) is 9.69 Å². The first kappa shape index (κ1) is 23.5. The highest BCUT2D eigenvalue weighted by molar-refractivity contribution is 5.96. The number of carbonyl (C=O) groups is 3. The predicted molar refractivity (Wildman–Crippen MR) is 121 cm³/mol. The smallest absolute Gasteiger partial charge is 0.416 e. The van der Waals surface area contributed by atoms with Crippen LogP contribution in [0, 0.1) is 5.92 Å². The first-order valence-corrected chi connectivity index (χ1v) is 11.0. The molecule has 3 atom stereocenters. The molecule has 0 bridgehead atoms. The highest BCUT2D eigenvalue weighted by atomic mass is 16.6. The van der Waals surface area contributed by atoms with Crippen LogP contribution in [0.1, 0.15) is 51.2 Å². The van der Waals surface area contributed by atoms with Crippen molar-refractivity contribution >= 4 is 18.0 Å². The molecule has 1 heterocycles. The number of amides is 2. The maximum Gasteiger partial charge on any atom is 0.416 e. The first-order chi connectivity index (χ1) is 15.2. The summed E-state index contributed by atoms with van der Waals surface area (Å²) in [6, 6.07) is 18.8. The molecular weight excluding hydrogens is 406 g/mol. The van der Waals surface area contributed by atoms with E-state index >= 15 is 0 Å². The zero-order valence-electron chi connectivity index (χ0n) is 19.1. The summed E-state index contributed by atoms with van der Waals surface area (Å²) >= 11 is 0. The number of benzene rings is 2. The van der Waals surface area contributed by atoms with E-state index < -0.39 is 35.5 Å². The van der Waals surface area contributed by atoms with Crippen molar-refractivity contribution in [2.75, 3.05) is 6.61 Å². The molecule has 1 aliphatic heterocycles. The minimum absolute atomic E-state index is 0.117. The summed E-state index contributed by atoms with van der Waals surface area (Å²) in [7, 11) is 0. The van der Waals surface area contributed by atoms with Crippen molar-refractivity contribution in [3.05, 3.63) is 71.8 Å². The van der Waals surface area contributed by atoms with Gasteiger partial charge >= 0.3 is 12.1 Å². The van der Waals surface area contributed by atoms with Crippen LogP contribution in [-0.4, -0.2) is 41.1 Å². The highest BCUT2D eigenvalue weighted by Gasteiger charge is 2.43. The lowest BCUT2D eigenvalue weighted by atomic mass is 9.84. The van der Waals surface area contributed by atoms with Gasteiger partial charge in [-0.2, -0.15) is 0 Å². The number of imide groups is 1. The average Bonchev–Trinajstić information content (AvgIpc) is 3.11. The summed E-state index contributed by atoms with van der Waals surface area (Å²) in [6.45, 7) is 7.40. The highest BCUT2D eigenvalue weighted by Crippen LogP contribution is 2.32. The van der Waals surface area contributed by atoms with Crippen molar-refractivity contribution in [3.63, 3.8) is 0 Å². The lowest BCUT2D eigenvalue weighted by molar-refractivity contribution is -0.158. The number of ether oxygens (including phenoxy) is 2. The molecule has 6 heteroatoms. The lowest BCUT2D eigenvalue weighted by Crippen LogP contribution is -2.45. The van der Waals surface area contributed by atoms with E-state index in [1.807, 2.05) is 67.6 Å². The van der Waals surface area contributed by atoms with Crippen LogP contribution in [0.5, 0.6) is 0 Å². The molecule has 0 saturated carbocycles. The van der Waals surface area contributed by atoms with Gasteiger partial charge < -0.3 is 9.47 Å². The summed E-state index contributed by atoms with van der Waals surface area (Å²) in [5, 5.41) is 0. The SMILES string of the molecule is C[C@@H](c1ccccc1)[C@@H](CC(=O)OC(C)(C)C)C(=O)N1C(=O)OCC1Cc1ccccc1. The summed E-state index contributed by atoms with van der Waals surface area (Å²) in [5.41, 5.74) is 1.26. The molecule has 6 nitrogen and oxygen atoms in total. The second-order valence-electron chi connectivity index (χ2n) is 9.23. The average molecular weight is 438 g/mol. The van der Waals surface area contributed by atoms with Crippen LogP contribution < -0.4 is 0 Å². The van der Waals surface area contributed by atoms with Gasteiger partial charge in [0, 0.05) is 0 Å². The Bertz CT molecular complexity index is 936. The van der Waals surface area contributed by atoms with Crippen LogP contribution in [-0.2, 0) is 25.5 Å². The number of cyclic esters (lactones) is 1. The van der Waals surface area contributed by atoms with Gasteiger partial charge in [-0.05, 0) is 44.2 Å². The zero-order chi connectivity index (χ0) is 23.3. The Kier molecular flexibility index (Phi) is 7.33. The third-order valence-electron chi connectivity index (χ3n) is 5.57. The first-order valence-electron chi connectivity index (χ1n) is 11.0. The molecule has 0 spiro atoms. The van der Waals surface area contributed by atoms with Crippen LogP contribution in [0.3, 0.4) is 0 Å². The van der Waals surface area contributed by atoms with Crippen LogP contribution in [0.4, 0.5) is 4.79 Å². The molecule has 2 aromatic carbocycles. The van der Waals surface area contributed by atoms with E-state index in [0.29, 0.717) is 6.42 Å². The number of nitrogens with zero attached hydrogens (tertiary/aromatic N) is 1. The van der Waals surface area contributed by atoms with Gasteiger partial charge in [-0.15, -0.1) is 0 Å². The fraction of sp³-hybridized carbons (Fsp3) is 0.423. The minimum Gasteiger partial charge on any atom is -0.460 e. The summed E-state index contributed by atoms with van der Waals surface area (Å²) < 4.78 is 10.7. The molecule has 0 aliphatic carbocycles. The van der Waals surface area contributed by atoms with Crippen molar-refractivity contribution in [2.45, 2.75) is 58.1 Å². The Balaban J connectivity index is 1.87. The molecule has 0 radical (unpaired) electrons. The largest absolute Gasteiger partial charge is 0.460 e. The van der Waals surface area contributed by atoms with Gasteiger partial charge in [0.25, 0.3) is 0 Å². The predicted octanol–water partition coefficient (Wildman–Crippen LogP) is 4.73. The van der Waals surface area contributed by atoms with E-state index in [-0.39, 0.29) is 18.9 Å². The topological polar surface area (TPSA) is 72.9 Å². The third-order valence-corrected chi connectivity index (χ3v) is 5.57. The molecule has 3 rings (SSSR count). The Morgan fingerprint density at radius 1 is 1.06 bits per heavy atom. The fourth-order valence-corrected chi connectivity index (χ4v) is 3.98. The normalized spacial score (nSPS) is 18.1. The van der Waals surface area contributed by atoms with Crippen LogP contribution in [0.2, 0.25) is 0 Å². The van der Waals surface area contributed by atoms with E-state index in [4.69, 9.17) is 9.47 Å². The van der Waals surface area contributed by atoms with Gasteiger partial charge in [-0.3, -0.25) is 9.59 Å². The quantitative estimate of drug-likeness (QED) is 0.586. The number of hydrogen-bond acceptors (Lipinski definition) is 5. The van der Waals surface area contributed by atoms with Gasteiger partial charge in [0.05, 0.1) is 18.4 Å². The molecule has 1 unspecified atom stereocenters. The summed E-state index contributed by atoms with van der Waals surface area (Å²) in [6.07, 6.45) is -0.282. The molecule has 2 aromatic rings. The standard InChI is InChI=1S/C26H31NO5/c1-18(20-13-9-6-10-14-20)22(16-23(28)32-26(2,3)4)24(29)27-21(17-31-25(27)30)15-19-11-7-5-8-12-19/h5-14,18,21-22H,15-17H2,1-4H3/t18-,21?,22+/m0/s1. The summed E-state index contributed by atoms with van der Waals surface area (Å²) in [5.74, 6) is -1.92. The van der Waals surface area contributed by atoms with Crippen molar-refractivity contribution in [1.82, 2.24) is 4.90 Å².